The van der Waals surface area contributed by atoms with Gasteiger partial charge in [-0.05, 0) is 18.6 Å². The van der Waals surface area contributed by atoms with Gasteiger partial charge in [-0.2, -0.15) is 11.8 Å². The van der Waals surface area contributed by atoms with Crippen molar-refractivity contribution in [3.8, 4) is 0 Å². The minimum absolute atomic E-state index is 0.0991. The zero-order valence-electron chi connectivity index (χ0n) is 10.4. The predicted molar refractivity (Wildman–Crippen MR) is 73.2 cm³/mol. The Kier molecular flexibility index (Phi) is 4.95. The number of hydrogen-bond donors (Lipinski definition) is 0. The first-order valence-corrected chi connectivity index (χ1v) is 7.66. The normalized spacial score (nSPS) is 20.8. The number of amides is 1. The first-order chi connectivity index (χ1) is 8.70. The third-order valence-corrected chi connectivity index (χ3v) is 4.38. The summed E-state index contributed by atoms with van der Waals surface area (Å²) in [5, 5.41) is 4.31. The van der Waals surface area contributed by atoms with Gasteiger partial charge in [-0.3, -0.25) is 4.79 Å². The molecule has 0 aliphatic carbocycles. The van der Waals surface area contributed by atoms with E-state index in [0.29, 0.717) is 5.25 Å². The van der Waals surface area contributed by atoms with Gasteiger partial charge in [-0.25, -0.2) is 0 Å². The molecular weight excluding hydrogens is 272 g/mol. The molecule has 1 aliphatic rings. The van der Waals surface area contributed by atoms with Crippen LogP contribution >= 0.6 is 23.4 Å². The van der Waals surface area contributed by atoms with Crippen molar-refractivity contribution in [1.29, 1.82) is 0 Å². The second kappa shape index (κ2) is 6.48. The molecule has 1 aromatic rings. The fourth-order valence-corrected chi connectivity index (χ4v) is 3.39. The second-order valence-electron chi connectivity index (χ2n) is 4.34. The minimum atomic E-state index is -0.0991. The average Bonchev–Trinajstić information content (AvgIpc) is 2.65. The predicted octanol–water partition coefficient (Wildman–Crippen LogP) is 3.08. The molecule has 0 saturated carbocycles. The lowest BCUT2D eigenvalue weighted by atomic mass is 10.2. The molecule has 0 N–H and O–H groups in total. The van der Waals surface area contributed by atoms with Gasteiger partial charge in [0, 0.05) is 24.4 Å². The molecule has 6 heteroatoms. The van der Waals surface area contributed by atoms with E-state index in [4.69, 9.17) is 16.1 Å². The van der Waals surface area contributed by atoms with E-state index in [-0.39, 0.29) is 16.8 Å². The van der Waals surface area contributed by atoms with Gasteiger partial charge in [0.2, 0.25) is 5.76 Å². The standard InChI is InChI=1S/C12H17ClN2O2S/c1-2-18-9-5-3-4-6-15(8-9)12(16)10-7-11(13)14-17-10/h7,9H,2-6,8H2,1H3. The van der Waals surface area contributed by atoms with Gasteiger partial charge >= 0.3 is 0 Å². The summed E-state index contributed by atoms with van der Waals surface area (Å²) < 4.78 is 4.94. The summed E-state index contributed by atoms with van der Waals surface area (Å²) in [4.78, 5) is 14.1. The Morgan fingerprint density at radius 1 is 1.67 bits per heavy atom. The largest absolute Gasteiger partial charge is 0.349 e. The number of nitrogens with zero attached hydrogens (tertiary/aromatic N) is 2. The highest BCUT2D eigenvalue weighted by atomic mass is 35.5. The van der Waals surface area contributed by atoms with Crippen molar-refractivity contribution in [1.82, 2.24) is 10.1 Å². The molecule has 18 heavy (non-hydrogen) atoms. The lowest BCUT2D eigenvalue weighted by Crippen LogP contribution is -2.35. The summed E-state index contributed by atoms with van der Waals surface area (Å²) in [5.41, 5.74) is 0. The third-order valence-electron chi connectivity index (χ3n) is 3.01. The number of hydrogen-bond acceptors (Lipinski definition) is 4. The van der Waals surface area contributed by atoms with Gasteiger partial charge in [-0.15, -0.1) is 0 Å². The smallest absolute Gasteiger partial charge is 0.292 e. The van der Waals surface area contributed by atoms with Crippen LogP contribution in [0.15, 0.2) is 10.6 Å². The molecule has 1 unspecified atom stereocenters. The van der Waals surface area contributed by atoms with Crippen LogP contribution in [0.2, 0.25) is 5.15 Å². The van der Waals surface area contributed by atoms with Gasteiger partial charge < -0.3 is 9.42 Å². The summed E-state index contributed by atoms with van der Waals surface area (Å²) in [6.07, 6.45) is 3.41. The number of carbonyl (C=O) groups excluding carboxylic acids is 1. The summed E-state index contributed by atoms with van der Waals surface area (Å²) in [6.45, 7) is 3.73. The maximum atomic E-state index is 12.2. The number of likely N-dealkylation sites (tertiary alicyclic amines) is 1. The number of rotatable bonds is 3. The molecule has 2 rings (SSSR count). The zero-order valence-corrected chi connectivity index (χ0v) is 12.0. The molecule has 0 bridgehead atoms. The van der Waals surface area contributed by atoms with E-state index in [0.717, 1.165) is 25.3 Å². The van der Waals surface area contributed by atoms with Crippen LogP contribution in [0.1, 0.15) is 36.7 Å². The molecule has 1 aliphatic heterocycles. The Labute approximate surface area is 116 Å². The zero-order chi connectivity index (χ0) is 13.0. The van der Waals surface area contributed by atoms with Crippen molar-refractivity contribution < 1.29 is 9.32 Å². The van der Waals surface area contributed by atoms with Gasteiger partial charge in [0.15, 0.2) is 5.15 Å². The van der Waals surface area contributed by atoms with Crippen LogP contribution in [0.4, 0.5) is 0 Å². The minimum Gasteiger partial charge on any atom is -0.349 e. The third kappa shape index (κ3) is 3.42. The Bertz CT molecular complexity index is 411. The van der Waals surface area contributed by atoms with Crippen LogP contribution in [0.5, 0.6) is 0 Å². The first-order valence-electron chi connectivity index (χ1n) is 6.23. The molecule has 0 radical (unpaired) electrons. The van der Waals surface area contributed by atoms with Crippen molar-refractivity contribution in [3.05, 3.63) is 17.0 Å². The number of thioether (sulfide) groups is 1. The summed E-state index contributed by atoms with van der Waals surface area (Å²) >= 11 is 7.60. The Morgan fingerprint density at radius 3 is 3.17 bits per heavy atom. The van der Waals surface area contributed by atoms with Crippen molar-refractivity contribution in [2.45, 2.75) is 31.4 Å². The van der Waals surface area contributed by atoms with Crippen molar-refractivity contribution in [3.63, 3.8) is 0 Å². The summed E-state index contributed by atoms with van der Waals surface area (Å²) in [5.74, 6) is 1.22. The summed E-state index contributed by atoms with van der Waals surface area (Å²) in [7, 11) is 0. The lowest BCUT2D eigenvalue weighted by molar-refractivity contribution is 0.0721. The SMILES string of the molecule is CCSC1CCCCN(C(=O)c2cc(Cl)no2)C1. The van der Waals surface area contributed by atoms with Gasteiger partial charge in [0.25, 0.3) is 5.91 Å². The van der Waals surface area contributed by atoms with E-state index >= 15 is 0 Å². The van der Waals surface area contributed by atoms with Crippen molar-refractivity contribution >= 4 is 29.3 Å². The number of carbonyl (C=O) groups is 1. The fourth-order valence-electron chi connectivity index (χ4n) is 2.17. The van der Waals surface area contributed by atoms with E-state index in [1.54, 1.807) is 0 Å². The van der Waals surface area contributed by atoms with Crippen LogP contribution in [0.25, 0.3) is 0 Å². The molecule has 1 fully saturated rings. The first kappa shape index (κ1) is 13.7. The molecule has 100 valence electrons. The van der Waals surface area contributed by atoms with E-state index in [2.05, 4.69) is 12.1 Å². The molecule has 1 aromatic heterocycles. The maximum Gasteiger partial charge on any atom is 0.292 e. The van der Waals surface area contributed by atoms with Crippen LogP contribution in [-0.2, 0) is 0 Å². The quantitative estimate of drug-likeness (QED) is 0.857. The molecule has 0 spiro atoms. The van der Waals surface area contributed by atoms with Crippen LogP contribution in [0.3, 0.4) is 0 Å². The van der Waals surface area contributed by atoms with E-state index in [1.807, 2.05) is 16.7 Å². The van der Waals surface area contributed by atoms with Gasteiger partial charge in [-0.1, -0.05) is 30.1 Å². The van der Waals surface area contributed by atoms with Crippen LogP contribution in [0, 0.1) is 0 Å². The molecule has 2 heterocycles. The molecule has 4 nitrogen and oxygen atoms in total. The highest BCUT2D eigenvalue weighted by molar-refractivity contribution is 7.99. The van der Waals surface area contributed by atoms with E-state index < -0.39 is 0 Å². The van der Waals surface area contributed by atoms with Crippen molar-refractivity contribution in [2.75, 3.05) is 18.8 Å². The summed E-state index contributed by atoms with van der Waals surface area (Å²) in [6, 6.07) is 1.48. The van der Waals surface area contributed by atoms with Crippen LogP contribution < -0.4 is 0 Å². The van der Waals surface area contributed by atoms with E-state index in [9.17, 15) is 4.79 Å². The van der Waals surface area contributed by atoms with Gasteiger partial charge in [0.05, 0.1) is 0 Å². The Morgan fingerprint density at radius 2 is 2.50 bits per heavy atom. The van der Waals surface area contributed by atoms with Gasteiger partial charge in [0.1, 0.15) is 0 Å². The molecular formula is C12H17ClN2O2S. The molecule has 0 aromatic carbocycles. The second-order valence-corrected chi connectivity index (χ2v) is 6.30. The average molecular weight is 289 g/mol. The topological polar surface area (TPSA) is 46.3 Å². The molecule has 1 atom stereocenters. The lowest BCUT2D eigenvalue weighted by Gasteiger charge is -2.22. The fraction of sp³-hybridized carbons (Fsp3) is 0.667. The van der Waals surface area contributed by atoms with Crippen molar-refractivity contribution in [2.24, 2.45) is 0 Å². The highest BCUT2D eigenvalue weighted by Gasteiger charge is 2.25. The molecule has 1 saturated heterocycles. The van der Waals surface area contributed by atoms with Crippen LogP contribution in [-0.4, -0.2) is 40.1 Å². The Balaban J connectivity index is 2.04. The number of aromatic nitrogens is 1. The van der Waals surface area contributed by atoms with E-state index in [1.165, 1.54) is 18.9 Å². The Hall–Kier alpha value is -0.680. The number of halogens is 1. The maximum absolute atomic E-state index is 12.2. The highest BCUT2D eigenvalue weighted by Crippen LogP contribution is 2.23. The monoisotopic (exact) mass is 288 g/mol. The molecule has 1 amide bonds.